The van der Waals surface area contributed by atoms with E-state index in [0.29, 0.717) is 0 Å². The molecule has 0 aliphatic carbocycles. The van der Waals surface area contributed by atoms with Crippen molar-refractivity contribution in [3.63, 3.8) is 0 Å². The minimum Gasteiger partial charge on any atom is -0.463 e. The first-order valence-electron chi connectivity index (χ1n) is 4.07. The van der Waals surface area contributed by atoms with Crippen LogP contribution in [-0.4, -0.2) is 31.7 Å². The monoisotopic (exact) mass is 196 g/mol. The maximum Gasteiger partial charge on any atom is 0.308 e. The van der Waals surface area contributed by atoms with Crippen LogP contribution in [0.2, 0.25) is 0 Å². The van der Waals surface area contributed by atoms with Crippen molar-refractivity contribution in [2.75, 3.05) is 13.2 Å². The van der Waals surface area contributed by atoms with Gasteiger partial charge in [0.25, 0.3) is 6.43 Å². The first-order valence-corrected chi connectivity index (χ1v) is 4.07. The first kappa shape index (κ1) is 12.3. The van der Waals surface area contributed by atoms with E-state index >= 15 is 0 Å². The molecule has 0 fully saturated rings. The zero-order valence-electron chi connectivity index (χ0n) is 7.76. The molecule has 0 aromatic rings. The minimum absolute atomic E-state index is 0.0180. The van der Waals surface area contributed by atoms with E-state index in [1.165, 1.54) is 0 Å². The second-order valence-electron chi connectivity index (χ2n) is 2.75. The Bertz CT molecular complexity index is 148. The maximum absolute atomic E-state index is 11.5. The fourth-order valence-electron chi connectivity index (χ4n) is 0.650. The molecule has 13 heavy (non-hydrogen) atoms. The zero-order chi connectivity index (χ0) is 10.3. The molecule has 0 atom stereocenters. The topological polar surface area (TPSA) is 35.5 Å². The van der Waals surface area contributed by atoms with Crippen LogP contribution in [-0.2, 0) is 14.3 Å². The van der Waals surface area contributed by atoms with E-state index in [4.69, 9.17) is 4.74 Å². The summed E-state index contributed by atoms with van der Waals surface area (Å²) in [6, 6.07) is 0. The molecule has 0 aromatic carbocycles. The zero-order valence-corrected chi connectivity index (χ0v) is 7.76. The van der Waals surface area contributed by atoms with Crippen LogP contribution in [0.5, 0.6) is 0 Å². The van der Waals surface area contributed by atoms with Crippen LogP contribution in [0.1, 0.15) is 20.3 Å². The van der Waals surface area contributed by atoms with Gasteiger partial charge >= 0.3 is 5.97 Å². The first-order chi connectivity index (χ1) is 6.02. The van der Waals surface area contributed by atoms with E-state index in [9.17, 15) is 13.6 Å². The number of hydrogen-bond acceptors (Lipinski definition) is 3. The van der Waals surface area contributed by atoms with Gasteiger partial charge in [0.05, 0.1) is 19.1 Å². The predicted molar refractivity (Wildman–Crippen MR) is 42.7 cm³/mol. The molecule has 0 rings (SSSR count). The lowest BCUT2D eigenvalue weighted by Crippen LogP contribution is -2.14. The average Bonchev–Trinajstić information content (AvgIpc) is 1.96. The summed E-state index contributed by atoms with van der Waals surface area (Å²) in [6.45, 7) is 2.79. The fraction of sp³-hybridized carbons (Fsp3) is 0.875. The Kier molecular flexibility index (Phi) is 6.40. The summed E-state index contributed by atoms with van der Waals surface area (Å²) < 4.78 is 32.3. The quantitative estimate of drug-likeness (QED) is 0.478. The van der Waals surface area contributed by atoms with Gasteiger partial charge in [-0.2, -0.15) is 0 Å². The van der Waals surface area contributed by atoms with E-state index < -0.39 is 19.0 Å². The second-order valence-corrected chi connectivity index (χ2v) is 2.75. The van der Waals surface area contributed by atoms with Crippen molar-refractivity contribution >= 4 is 5.97 Å². The molecule has 0 amide bonds. The van der Waals surface area contributed by atoms with Gasteiger partial charge in [-0.25, -0.2) is 8.78 Å². The maximum atomic E-state index is 11.5. The van der Waals surface area contributed by atoms with Gasteiger partial charge < -0.3 is 9.47 Å². The third-order valence-corrected chi connectivity index (χ3v) is 1.06. The Morgan fingerprint density at radius 3 is 2.46 bits per heavy atom. The molecule has 0 radical (unpaired) electrons. The van der Waals surface area contributed by atoms with Gasteiger partial charge in [-0.05, 0) is 13.8 Å². The molecule has 0 saturated heterocycles. The fourth-order valence-corrected chi connectivity index (χ4v) is 0.650. The van der Waals surface area contributed by atoms with Crippen molar-refractivity contribution < 1.29 is 23.0 Å². The average molecular weight is 196 g/mol. The summed E-state index contributed by atoms with van der Waals surface area (Å²) in [4.78, 5) is 10.8. The number of halogens is 2. The molecule has 0 aliphatic rings. The number of ether oxygens (including phenoxy) is 2. The van der Waals surface area contributed by atoms with E-state index in [0.717, 1.165) is 0 Å². The van der Waals surface area contributed by atoms with E-state index in [2.05, 4.69) is 4.74 Å². The standard InChI is InChI=1S/C8H14F2O3/c1-6(2)13-8(11)3-4-12-5-7(9)10/h6-7H,3-5H2,1-2H3. The summed E-state index contributed by atoms with van der Waals surface area (Å²) in [5.41, 5.74) is 0. The van der Waals surface area contributed by atoms with Gasteiger partial charge in [0.1, 0.15) is 6.61 Å². The van der Waals surface area contributed by atoms with Crippen molar-refractivity contribution in [2.24, 2.45) is 0 Å². The normalized spacial score (nSPS) is 10.9. The Morgan fingerprint density at radius 1 is 1.38 bits per heavy atom. The van der Waals surface area contributed by atoms with Gasteiger partial charge in [-0.15, -0.1) is 0 Å². The smallest absolute Gasteiger partial charge is 0.308 e. The molecule has 0 N–H and O–H groups in total. The van der Waals surface area contributed by atoms with E-state index in [1.807, 2.05) is 0 Å². The second kappa shape index (κ2) is 6.77. The molecule has 0 saturated carbocycles. The number of alkyl halides is 2. The Labute approximate surface area is 76.0 Å². The third kappa shape index (κ3) is 9.20. The highest BCUT2D eigenvalue weighted by molar-refractivity contribution is 5.69. The minimum atomic E-state index is -2.49. The van der Waals surface area contributed by atoms with Gasteiger partial charge in [0, 0.05) is 0 Å². The van der Waals surface area contributed by atoms with Crippen molar-refractivity contribution in [3.05, 3.63) is 0 Å². The Morgan fingerprint density at radius 2 is 2.00 bits per heavy atom. The van der Waals surface area contributed by atoms with Crippen LogP contribution < -0.4 is 0 Å². The van der Waals surface area contributed by atoms with Crippen molar-refractivity contribution in [3.8, 4) is 0 Å². The van der Waals surface area contributed by atoms with Crippen LogP contribution in [0, 0.1) is 0 Å². The number of carbonyl (C=O) groups is 1. The number of rotatable bonds is 6. The molecule has 0 aliphatic heterocycles. The van der Waals surface area contributed by atoms with Crippen molar-refractivity contribution in [2.45, 2.75) is 32.8 Å². The van der Waals surface area contributed by atoms with Crippen molar-refractivity contribution in [1.82, 2.24) is 0 Å². The van der Waals surface area contributed by atoms with Gasteiger partial charge in [0.2, 0.25) is 0 Å². The molecule has 0 bridgehead atoms. The highest BCUT2D eigenvalue weighted by Crippen LogP contribution is 1.96. The predicted octanol–water partition coefficient (Wildman–Crippen LogP) is 1.61. The SMILES string of the molecule is CC(C)OC(=O)CCOCC(F)F. The molecule has 0 spiro atoms. The lowest BCUT2D eigenvalue weighted by molar-refractivity contribution is -0.148. The van der Waals surface area contributed by atoms with Crippen LogP contribution in [0.25, 0.3) is 0 Å². The molecule has 5 heteroatoms. The number of hydrogen-bond donors (Lipinski definition) is 0. The van der Waals surface area contributed by atoms with Crippen LogP contribution in [0.4, 0.5) is 8.78 Å². The Hall–Kier alpha value is -0.710. The molecule has 0 heterocycles. The van der Waals surface area contributed by atoms with Crippen LogP contribution >= 0.6 is 0 Å². The third-order valence-electron chi connectivity index (χ3n) is 1.06. The van der Waals surface area contributed by atoms with E-state index in [1.54, 1.807) is 13.8 Å². The van der Waals surface area contributed by atoms with E-state index in [-0.39, 0.29) is 19.1 Å². The number of carbonyl (C=O) groups excluding carboxylic acids is 1. The summed E-state index contributed by atoms with van der Waals surface area (Å²) >= 11 is 0. The highest BCUT2D eigenvalue weighted by atomic mass is 19.3. The molecule has 0 aromatic heterocycles. The summed E-state index contributed by atoms with van der Waals surface area (Å²) in [5.74, 6) is -0.427. The van der Waals surface area contributed by atoms with Gasteiger partial charge in [0.15, 0.2) is 0 Å². The van der Waals surface area contributed by atoms with Crippen LogP contribution in [0.3, 0.4) is 0 Å². The molecule has 78 valence electrons. The molecule has 0 unspecified atom stereocenters. The van der Waals surface area contributed by atoms with Gasteiger partial charge in [-0.1, -0.05) is 0 Å². The summed E-state index contributed by atoms with van der Waals surface area (Å²) in [5, 5.41) is 0. The molecular weight excluding hydrogens is 182 g/mol. The lowest BCUT2D eigenvalue weighted by Gasteiger charge is -2.07. The Balaban J connectivity index is 3.27. The molecular formula is C8H14F2O3. The number of esters is 1. The van der Waals surface area contributed by atoms with Gasteiger partial charge in [-0.3, -0.25) is 4.79 Å². The summed E-state index contributed by atoms with van der Waals surface area (Å²) in [7, 11) is 0. The van der Waals surface area contributed by atoms with Crippen molar-refractivity contribution in [1.29, 1.82) is 0 Å². The van der Waals surface area contributed by atoms with Crippen LogP contribution in [0.15, 0.2) is 0 Å². The largest absolute Gasteiger partial charge is 0.463 e. The highest BCUT2D eigenvalue weighted by Gasteiger charge is 2.06. The molecule has 3 nitrogen and oxygen atoms in total. The summed E-state index contributed by atoms with van der Waals surface area (Å²) in [6.07, 6.45) is -2.64. The lowest BCUT2D eigenvalue weighted by atomic mass is 10.4.